The first kappa shape index (κ1) is 25.0. The smallest absolute Gasteiger partial charge is 0.162 e. The van der Waals surface area contributed by atoms with Crippen molar-refractivity contribution in [1.29, 1.82) is 0 Å². The van der Waals surface area contributed by atoms with Gasteiger partial charge in [0.15, 0.2) is 11.6 Å². The fourth-order valence-electron chi connectivity index (χ4n) is 3.92. The third kappa shape index (κ3) is 9.63. The Balaban J connectivity index is 1.78. The molecule has 2 aromatic carbocycles. The highest BCUT2D eigenvalue weighted by atomic mass is 16.1. The van der Waals surface area contributed by atoms with E-state index >= 15 is 0 Å². The van der Waals surface area contributed by atoms with Crippen LogP contribution >= 0.6 is 0 Å². The first-order valence-electron chi connectivity index (χ1n) is 12.4. The van der Waals surface area contributed by atoms with E-state index in [-0.39, 0.29) is 11.6 Å². The second-order valence-corrected chi connectivity index (χ2v) is 8.75. The van der Waals surface area contributed by atoms with E-state index < -0.39 is 0 Å². The zero-order valence-corrected chi connectivity index (χ0v) is 19.6. The molecule has 0 aliphatic rings. The number of ketones is 2. The van der Waals surface area contributed by atoms with Gasteiger partial charge in [-0.2, -0.15) is 0 Å². The average Bonchev–Trinajstić information content (AvgIpc) is 2.79. The monoisotopic (exact) mass is 420 g/mol. The van der Waals surface area contributed by atoms with Crippen molar-refractivity contribution in [3.05, 3.63) is 70.8 Å². The highest BCUT2D eigenvalue weighted by molar-refractivity contribution is 5.96. The summed E-state index contributed by atoms with van der Waals surface area (Å²) in [6.45, 7) is 4.41. The van der Waals surface area contributed by atoms with Crippen LogP contribution in [0.2, 0.25) is 0 Å². The molecule has 0 heterocycles. The third-order valence-electron chi connectivity index (χ3n) is 5.97. The highest BCUT2D eigenvalue weighted by Crippen LogP contribution is 2.16. The number of hydrogen-bond acceptors (Lipinski definition) is 2. The second kappa shape index (κ2) is 14.7. The van der Waals surface area contributed by atoms with Gasteiger partial charge in [-0.05, 0) is 30.4 Å². The van der Waals surface area contributed by atoms with Crippen molar-refractivity contribution in [2.75, 3.05) is 0 Å². The molecule has 0 N–H and O–H groups in total. The van der Waals surface area contributed by atoms with Crippen molar-refractivity contribution in [1.82, 2.24) is 0 Å². The maximum atomic E-state index is 12.3. The largest absolute Gasteiger partial charge is 0.294 e. The zero-order chi connectivity index (χ0) is 22.3. The molecule has 2 heteroatoms. The summed E-state index contributed by atoms with van der Waals surface area (Å²) >= 11 is 0. The lowest BCUT2D eigenvalue weighted by Crippen LogP contribution is -2.00. The van der Waals surface area contributed by atoms with E-state index in [0.717, 1.165) is 43.2 Å². The van der Waals surface area contributed by atoms with Crippen LogP contribution in [0.3, 0.4) is 0 Å². The topological polar surface area (TPSA) is 34.1 Å². The minimum Gasteiger partial charge on any atom is -0.294 e. The lowest BCUT2D eigenvalue weighted by atomic mass is 9.98. The van der Waals surface area contributed by atoms with Crippen LogP contribution in [0.5, 0.6) is 0 Å². The predicted molar refractivity (Wildman–Crippen MR) is 131 cm³/mol. The molecule has 0 fully saturated rings. The van der Waals surface area contributed by atoms with E-state index in [0.29, 0.717) is 12.8 Å². The molecule has 168 valence electrons. The molecule has 31 heavy (non-hydrogen) atoms. The Labute approximate surface area is 189 Å². The minimum atomic E-state index is 0.251. The maximum Gasteiger partial charge on any atom is 0.162 e. The molecule has 0 unspecified atom stereocenters. The number of hydrogen-bond donors (Lipinski definition) is 0. The summed E-state index contributed by atoms with van der Waals surface area (Å²) in [6, 6.07) is 16.1. The molecule has 0 aliphatic heterocycles. The van der Waals surface area contributed by atoms with Crippen LogP contribution in [-0.2, 0) is 6.42 Å². The lowest BCUT2D eigenvalue weighted by Gasteiger charge is -2.06. The van der Waals surface area contributed by atoms with E-state index in [2.05, 4.69) is 38.1 Å². The molecule has 0 atom stereocenters. The van der Waals surface area contributed by atoms with Crippen molar-refractivity contribution >= 4 is 11.6 Å². The summed E-state index contributed by atoms with van der Waals surface area (Å²) in [7, 11) is 0. The molecule has 0 saturated carbocycles. The number of rotatable bonds is 16. The molecule has 0 radical (unpaired) electrons. The van der Waals surface area contributed by atoms with Gasteiger partial charge < -0.3 is 0 Å². The average molecular weight is 421 g/mol. The second-order valence-electron chi connectivity index (χ2n) is 8.75. The van der Waals surface area contributed by atoms with E-state index in [4.69, 9.17) is 0 Å². The van der Waals surface area contributed by atoms with Gasteiger partial charge in [0, 0.05) is 24.0 Å². The Morgan fingerprint density at radius 2 is 0.871 bits per heavy atom. The highest BCUT2D eigenvalue weighted by Gasteiger charge is 2.08. The number of Topliss-reactive ketones (excluding diaryl/α,β-unsaturated/α-hetero) is 2. The Bertz CT molecular complexity index is 704. The van der Waals surface area contributed by atoms with E-state index in [9.17, 15) is 9.59 Å². The Hall–Kier alpha value is -2.22. The molecule has 0 saturated heterocycles. The summed E-state index contributed by atoms with van der Waals surface area (Å²) in [5, 5.41) is 0. The van der Waals surface area contributed by atoms with Gasteiger partial charge in [-0.15, -0.1) is 0 Å². The molecule has 2 nitrogen and oxygen atoms in total. The molecule has 2 rings (SSSR count). The van der Waals surface area contributed by atoms with E-state index in [1.165, 1.54) is 49.7 Å². The minimum absolute atomic E-state index is 0.251. The van der Waals surface area contributed by atoms with Gasteiger partial charge in [0.1, 0.15) is 0 Å². The summed E-state index contributed by atoms with van der Waals surface area (Å²) in [4.78, 5) is 24.7. The van der Waals surface area contributed by atoms with Gasteiger partial charge in [-0.3, -0.25) is 9.59 Å². The molecule has 0 amide bonds. The first-order chi connectivity index (χ1) is 15.1. The zero-order valence-electron chi connectivity index (χ0n) is 19.6. The number of benzene rings is 2. The quantitative estimate of drug-likeness (QED) is 0.202. The summed E-state index contributed by atoms with van der Waals surface area (Å²) in [5.41, 5.74) is 4.02. The fourth-order valence-corrected chi connectivity index (χ4v) is 3.92. The van der Waals surface area contributed by atoms with Crippen LogP contribution in [0.25, 0.3) is 0 Å². The molecule has 0 spiro atoms. The first-order valence-corrected chi connectivity index (χ1v) is 12.4. The van der Waals surface area contributed by atoms with Gasteiger partial charge in [0.05, 0.1) is 0 Å². The predicted octanol–water partition coefficient (Wildman–Crippen LogP) is 8.36. The SMILES string of the molecule is CCCCCCCC(=O)c1ccc(Cc2ccc(C(=O)CCCCCCC)cc2)cc1. The molecule has 0 aliphatic carbocycles. The Morgan fingerprint density at radius 3 is 1.23 bits per heavy atom. The van der Waals surface area contributed by atoms with E-state index in [1.807, 2.05) is 24.3 Å². The molecular weight excluding hydrogens is 380 g/mol. The lowest BCUT2D eigenvalue weighted by molar-refractivity contribution is 0.0971. The van der Waals surface area contributed by atoms with Crippen LogP contribution in [-0.4, -0.2) is 11.6 Å². The van der Waals surface area contributed by atoms with Gasteiger partial charge >= 0.3 is 0 Å². The van der Waals surface area contributed by atoms with Crippen LogP contribution in [0, 0.1) is 0 Å². The molecular formula is C29H40O2. The molecule has 2 aromatic rings. The third-order valence-corrected chi connectivity index (χ3v) is 5.97. The number of carbonyl (C=O) groups is 2. The molecule has 0 aromatic heterocycles. The number of unbranched alkanes of at least 4 members (excludes halogenated alkanes) is 8. The van der Waals surface area contributed by atoms with Crippen molar-refractivity contribution in [3.63, 3.8) is 0 Å². The van der Waals surface area contributed by atoms with Crippen LogP contribution < -0.4 is 0 Å². The normalized spacial score (nSPS) is 10.9. The van der Waals surface area contributed by atoms with Crippen LogP contribution in [0.15, 0.2) is 48.5 Å². The van der Waals surface area contributed by atoms with Gasteiger partial charge in [-0.1, -0.05) is 114 Å². The van der Waals surface area contributed by atoms with Gasteiger partial charge in [0.25, 0.3) is 0 Å². The van der Waals surface area contributed by atoms with Crippen molar-refractivity contribution in [2.24, 2.45) is 0 Å². The summed E-state index contributed by atoms with van der Waals surface area (Å²) in [6.07, 6.45) is 13.8. The molecule has 0 bridgehead atoms. The van der Waals surface area contributed by atoms with E-state index in [1.54, 1.807) is 0 Å². The fraction of sp³-hybridized carbons (Fsp3) is 0.517. The van der Waals surface area contributed by atoms with Gasteiger partial charge in [-0.25, -0.2) is 0 Å². The Kier molecular flexibility index (Phi) is 11.9. The van der Waals surface area contributed by atoms with Crippen molar-refractivity contribution < 1.29 is 9.59 Å². The van der Waals surface area contributed by atoms with Crippen LogP contribution in [0.1, 0.15) is 123 Å². The maximum absolute atomic E-state index is 12.3. The number of carbonyl (C=O) groups excluding carboxylic acids is 2. The Morgan fingerprint density at radius 1 is 0.516 bits per heavy atom. The standard InChI is InChI=1S/C29H40O2/c1-3-5-7-9-11-13-28(30)26-19-15-24(16-20-26)23-25-17-21-27(22-18-25)29(31)14-12-10-8-6-4-2/h15-22H,3-14,23H2,1-2H3. The van der Waals surface area contributed by atoms with Crippen molar-refractivity contribution in [2.45, 2.75) is 97.3 Å². The summed E-state index contributed by atoms with van der Waals surface area (Å²) in [5.74, 6) is 0.501. The van der Waals surface area contributed by atoms with Gasteiger partial charge in [0.2, 0.25) is 0 Å². The summed E-state index contributed by atoms with van der Waals surface area (Å²) < 4.78 is 0. The van der Waals surface area contributed by atoms with Crippen LogP contribution in [0.4, 0.5) is 0 Å². The van der Waals surface area contributed by atoms with Crippen molar-refractivity contribution in [3.8, 4) is 0 Å².